The lowest BCUT2D eigenvalue weighted by Crippen LogP contribution is -2.40. The third-order valence-electron chi connectivity index (χ3n) is 2.68. The lowest BCUT2D eigenvalue weighted by Gasteiger charge is -2.19. The molecule has 2 heterocycles. The van der Waals surface area contributed by atoms with Crippen molar-refractivity contribution >= 4 is 33.0 Å². The van der Waals surface area contributed by atoms with Gasteiger partial charge in [-0.25, -0.2) is 13.1 Å². The topological polar surface area (TPSA) is 55.4 Å². The second-order valence-electron chi connectivity index (χ2n) is 4.02. The van der Waals surface area contributed by atoms with Crippen LogP contribution in [0.25, 0.3) is 0 Å². The molecule has 4 nitrogen and oxygen atoms in total. The van der Waals surface area contributed by atoms with Crippen LogP contribution in [0.2, 0.25) is 4.34 Å². The number of rotatable bonds is 4. The molecule has 2 unspecified atom stereocenters. The summed E-state index contributed by atoms with van der Waals surface area (Å²) in [5.74, 6) is 0. The maximum absolute atomic E-state index is 12.0. The quantitative estimate of drug-likeness (QED) is 0.927. The largest absolute Gasteiger partial charge is 0.377 e. The first-order valence-corrected chi connectivity index (χ1v) is 8.06. The van der Waals surface area contributed by atoms with Crippen molar-refractivity contribution in [2.24, 2.45) is 0 Å². The fraction of sp³-hybridized carbons (Fsp3) is 0.600. The Morgan fingerprint density at radius 2 is 2.35 bits per heavy atom. The molecule has 1 aliphatic heterocycles. The fourth-order valence-corrected chi connectivity index (χ4v) is 4.59. The van der Waals surface area contributed by atoms with Gasteiger partial charge in [0.1, 0.15) is 4.21 Å². The average molecular weight is 296 g/mol. The minimum atomic E-state index is -3.47. The van der Waals surface area contributed by atoms with Crippen LogP contribution in [-0.4, -0.2) is 27.2 Å². The summed E-state index contributed by atoms with van der Waals surface area (Å²) >= 11 is 6.79. The lowest BCUT2D eigenvalue weighted by atomic mass is 10.1. The van der Waals surface area contributed by atoms with E-state index in [0.29, 0.717) is 10.9 Å². The summed E-state index contributed by atoms with van der Waals surface area (Å²) in [5.41, 5.74) is 0. The van der Waals surface area contributed by atoms with Crippen LogP contribution in [0.5, 0.6) is 0 Å². The Kier molecular flexibility index (Phi) is 4.10. The van der Waals surface area contributed by atoms with Gasteiger partial charge < -0.3 is 4.74 Å². The third-order valence-corrected chi connectivity index (χ3v) is 5.96. The van der Waals surface area contributed by atoms with Gasteiger partial charge in [0.05, 0.1) is 10.4 Å². The standard InChI is InChI=1S/C10H14ClNO3S2/c1-7(8-3-2-6-15-8)12-17(13,14)10-5-4-9(11)16-10/h4-5,7-8,12H,2-3,6H2,1H3. The number of thiophene rings is 1. The molecule has 7 heteroatoms. The zero-order chi connectivity index (χ0) is 12.5. The monoisotopic (exact) mass is 295 g/mol. The number of hydrogen-bond acceptors (Lipinski definition) is 4. The van der Waals surface area contributed by atoms with Crippen molar-refractivity contribution in [1.29, 1.82) is 0 Å². The van der Waals surface area contributed by atoms with Crippen molar-refractivity contribution in [2.45, 2.75) is 36.1 Å². The van der Waals surface area contributed by atoms with Crippen LogP contribution in [0.4, 0.5) is 0 Å². The van der Waals surface area contributed by atoms with E-state index >= 15 is 0 Å². The Morgan fingerprint density at radius 1 is 1.59 bits per heavy atom. The Hall–Kier alpha value is -0.140. The molecule has 1 saturated heterocycles. The molecule has 2 atom stereocenters. The summed E-state index contributed by atoms with van der Waals surface area (Å²) in [6.45, 7) is 2.53. The molecular weight excluding hydrogens is 282 g/mol. The van der Waals surface area contributed by atoms with Crippen molar-refractivity contribution in [3.05, 3.63) is 16.5 Å². The molecule has 17 heavy (non-hydrogen) atoms. The summed E-state index contributed by atoms with van der Waals surface area (Å²) in [7, 11) is -3.47. The van der Waals surface area contributed by atoms with Crippen LogP contribution in [0, 0.1) is 0 Å². The summed E-state index contributed by atoms with van der Waals surface area (Å²) in [4.78, 5) is 0. The molecule has 0 bridgehead atoms. The lowest BCUT2D eigenvalue weighted by molar-refractivity contribution is 0.0902. The Labute approximate surface area is 110 Å². The number of hydrogen-bond donors (Lipinski definition) is 1. The van der Waals surface area contributed by atoms with Crippen molar-refractivity contribution < 1.29 is 13.2 Å². The van der Waals surface area contributed by atoms with Gasteiger partial charge in [-0.15, -0.1) is 11.3 Å². The molecule has 1 aromatic rings. The molecule has 0 spiro atoms. The highest BCUT2D eigenvalue weighted by Crippen LogP contribution is 2.26. The van der Waals surface area contributed by atoms with E-state index < -0.39 is 10.0 Å². The van der Waals surface area contributed by atoms with Gasteiger partial charge in [-0.1, -0.05) is 11.6 Å². The predicted octanol–water partition coefficient (Wildman–Crippen LogP) is 2.25. The first-order chi connectivity index (χ1) is 7.99. The first-order valence-electron chi connectivity index (χ1n) is 5.38. The smallest absolute Gasteiger partial charge is 0.250 e. The van der Waals surface area contributed by atoms with Gasteiger partial charge in [0.2, 0.25) is 10.0 Å². The van der Waals surface area contributed by atoms with Gasteiger partial charge in [-0.05, 0) is 31.9 Å². The zero-order valence-corrected chi connectivity index (χ0v) is 11.7. The highest BCUT2D eigenvalue weighted by Gasteiger charge is 2.27. The maximum Gasteiger partial charge on any atom is 0.250 e. The number of sulfonamides is 1. The van der Waals surface area contributed by atoms with Crippen LogP contribution in [0.15, 0.2) is 16.3 Å². The molecule has 0 amide bonds. The molecule has 96 valence electrons. The van der Waals surface area contributed by atoms with Crippen molar-refractivity contribution in [2.75, 3.05) is 6.61 Å². The molecule has 1 N–H and O–H groups in total. The summed E-state index contributed by atoms with van der Waals surface area (Å²) in [5, 5.41) is 0. The third kappa shape index (κ3) is 3.20. The zero-order valence-electron chi connectivity index (χ0n) is 9.35. The average Bonchev–Trinajstić information content (AvgIpc) is 2.86. The normalized spacial score (nSPS) is 22.8. The van der Waals surface area contributed by atoms with E-state index in [9.17, 15) is 8.42 Å². The van der Waals surface area contributed by atoms with E-state index in [-0.39, 0.29) is 16.4 Å². The van der Waals surface area contributed by atoms with Gasteiger partial charge >= 0.3 is 0 Å². The predicted molar refractivity (Wildman–Crippen MR) is 68.1 cm³/mol. The van der Waals surface area contributed by atoms with E-state index in [2.05, 4.69) is 4.72 Å². The molecular formula is C10H14ClNO3S2. The van der Waals surface area contributed by atoms with Gasteiger partial charge in [0.15, 0.2) is 0 Å². The van der Waals surface area contributed by atoms with Crippen LogP contribution in [0.3, 0.4) is 0 Å². The second-order valence-corrected chi connectivity index (χ2v) is 7.68. The van der Waals surface area contributed by atoms with Gasteiger partial charge in [0.25, 0.3) is 0 Å². The van der Waals surface area contributed by atoms with Gasteiger partial charge in [-0.3, -0.25) is 0 Å². The number of halogens is 1. The van der Waals surface area contributed by atoms with Gasteiger partial charge in [0, 0.05) is 12.6 Å². The van der Waals surface area contributed by atoms with Crippen molar-refractivity contribution in [1.82, 2.24) is 4.72 Å². The van der Waals surface area contributed by atoms with Crippen molar-refractivity contribution in [3.63, 3.8) is 0 Å². The highest BCUT2D eigenvalue weighted by atomic mass is 35.5. The molecule has 0 radical (unpaired) electrons. The van der Waals surface area contributed by atoms with Crippen LogP contribution in [-0.2, 0) is 14.8 Å². The number of nitrogens with one attached hydrogen (secondary N) is 1. The van der Waals surface area contributed by atoms with Gasteiger partial charge in [-0.2, -0.15) is 0 Å². The molecule has 1 aromatic heterocycles. The summed E-state index contributed by atoms with van der Waals surface area (Å²) in [6.07, 6.45) is 1.86. The van der Waals surface area contributed by atoms with E-state index in [0.717, 1.165) is 24.2 Å². The van der Waals surface area contributed by atoms with Crippen LogP contribution in [0.1, 0.15) is 19.8 Å². The SMILES string of the molecule is CC(NS(=O)(=O)c1ccc(Cl)s1)C1CCCO1. The fourth-order valence-electron chi connectivity index (χ4n) is 1.82. The molecule has 0 saturated carbocycles. The van der Waals surface area contributed by atoms with Crippen LogP contribution < -0.4 is 4.72 Å². The summed E-state index contributed by atoms with van der Waals surface area (Å²) in [6, 6.07) is 2.87. The molecule has 1 fully saturated rings. The van der Waals surface area contributed by atoms with E-state index in [4.69, 9.17) is 16.3 Å². The molecule has 2 rings (SSSR count). The molecule has 0 aliphatic carbocycles. The summed E-state index contributed by atoms with van der Waals surface area (Å²) < 4.78 is 32.8. The second kappa shape index (κ2) is 5.24. The van der Waals surface area contributed by atoms with Crippen LogP contribution >= 0.6 is 22.9 Å². The minimum absolute atomic E-state index is 0.0276. The Morgan fingerprint density at radius 3 is 2.88 bits per heavy atom. The Bertz CT molecular complexity index is 479. The van der Waals surface area contributed by atoms with E-state index in [1.54, 1.807) is 6.07 Å². The minimum Gasteiger partial charge on any atom is -0.377 e. The Balaban J connectivity index is 2.06. The molecule has 0 aromatic carbocycles. The van der Waals surface area contributed by atoms with Crippen molar-refractivity contribution in [3.8, 4) is 0 Å². The van der Waals surface area contributed by atoms with E-state index in [1.807, 2.05) is 6.92 Å². The highest BCUT2D eigenvalue weighted by molar-refractivity contribution is 7.91. The molecule has 1 aliphatic rings. The maximum atomic E-state index is 12.0. The number of ether oxygens (including phenoxy) is 1. The van der Waals surface area contributed by atoms with E-state index in [1.165, 1.54) is 6.07 Å². The first kappa shape index (κ1) is 13.3.